The normalized spacial score (nSPS) is 15.1. The van der Waals surface area contributed by atoms with Gasteiger partial charge in [-0.05, 0) is 56.8 Å². The molecule has 10 heteroatoms. The van der Waals surface area contributed by atoms with E-state index in [2.05, 4.69) is 14.8 Å². The first kappa shape index (κ1) is 23.3. The van der Waals surface area contributed by atoms with Crippen molar-refractivity contribution in [3.63, 3.8) is 0 Å². The lowest BCUT2D eigenvalue weighted by Crippen LogP contribution is -2.44. The van der Waals surface area contributed by atoms with Crippen molar-refractivity contribution in [2.24, 2.45) is 0 Å². The van der Waals surface area contributed by atoms with Gasteiger partial charge in [0.2, 0.25) is 0 Å². The van der Waals surface area contributed by atoms with E-state index in [9.17, 15) is 9.18 Å². The van der Waals surface area contributed by atoms with Crippen LogP contribution in [0.3, 0.4) is 0 Å². The lowest BCUT2D eigenvalue weighted by Gasteiger charge is -2.29. The summed E-state index contributed by atoms with van der Waals surface area (Å²) in [7, 11) is 0. The molecule has 7 nitrogen and oxygen atoms in total. The number of H-pyrrole nitrogens is 1. The van der Waals surface area contributed by atoms with E-state index in [0.29, 0.717) is 12.1 Å². The van der Waals surface area contributed by atoms with Crippen LogP contribution in [0, 0.1) is 25.1 Å². The van der Waals surface area contributed by atoms with Crippen molar-refractivity contribution in [3.05, 3.63) is 77.2 Å². The lowest BCUT2D eigenvalue weighted by molar-refractivity contribution is -0.120. The number of benzene rings is 2. The standard InChI is InChI=1S/C24H21F2N5O2S/c1-14-17(27-4)6-7-18(21(14)26)30-22(32)24(2,3)31(23(30)34)15-5-8-19(16(25)13-15)33-12-9-20-28-10-11-29-20/h5-8,10-11,13H,9,12H2,1-3H3,(H,28,29). The van der Waals surface area contributed by atoms with Gasteiger partial charge in [-0.1, -0.05) is 6.07 Å². The predicted molar refractivity (Wildman–Crippen MR) is 128 cm³/mol. The number of carbonyl (C=O) groups excluding carboxylic acids is 1. The number of aromatic nitrogens is 2. The lowest BCUT2D eigenvalue weighted by atomic mass is 10.0. The smallest absolute Gasteiger partial charge is 0.259 e. The molecule has 2 aromatic carbocycles. The number of imidazole rings is 1. The molecular weight excluding hydrogens is 460 g/mol. The number of anilines is 2. The fourth-order valence-electron chi connectivity index (χ4n) is 3.83. The second-order valence-corrected chi connectivity index (χ2v) is 8.59. The summed E-state index contributed by atoms with van der Waals surface area (Å²) in [4.78, 5) is 26.2. The molecule has 174 valence electrons. The van der Waals surface area contributed by atoms with Crippen LogP contribution in [0.4, 0.5) is 25.8 Å². The van der Waals surface area contributed by atoms with Gasteiger partial charge in [0.25, 0.3) is 5.91 Å². The first-order valence-corrected chi connectivity index (χ1v) is 10.8. The van der Waals surface area contributed by atoms with E-state index in [1.54, 1.807) is 32.3 Å². The van der Waals surface area contributed by atoms with Crippen molar-refractivity contribution in [1.82, 2.24) is 9.97 Å². The van der Waals surface area contributed by atoms with Gasteiger partial charge in [0.1, 0.15) is 17.2 Å². The van der Waals surface area contributed by atoms with Gasteiger partial charge in [-0.3, -0.25) is 9.69 Å². The Morgan fingerprint density at radius 3 is 2.68 bits per heavy atom. The van der Waals surface area contributed by atoms with E-state index < -0.39 is 23.1 Å². The van der Waals surface area contributed by atoms with Crippen LogP contribution in [0.15, 0.2) is 42.7 Å². The minimum Gasteiger partial charge on any atom is -0.490 e. The molecule has 4 rings (SSSR count). The highest BCUT2D eigenvalue weighted by molar-refractivity contribution is 7.81. The van der Waals surface area contributed by atoms with Crippen LogP contribution >= 0.6 is 12.2 Å². The average molecular weight is 482 g/mol. The molecule has 0 saturated carbocycles. The largest absolute Gasteiger partial charge is 0.490 e. The molecule has 1 fully saturated rings. The zero-order valence-electron chi connectivity index (χ0n) is 18.7. The van der Waals surface area contributed by atoms with Crippen LogP contribution in [0.25, 0.3) is 4.85 Å². The molecule has 1 aliphatic rings. The topological polar surface area (TPSA) is 65.8 Å². The first-order valence-electron chi connectivity index (χ1n) is 10.4. The SMILES string of the molecule is [C-]#[N+]c1ccc(N2C(=O)C(C)(C)N(c3ccc(OCCc4ncc[nH]4)c(F)c3)C2=S)c(F)c1C. The molecule has 0 unspecified atom stereocenters. The number of hydrogen-bond acceptors (Lipinski definition) is 4. The number of aromatic amines is 1. The Kier molecular flexibility index (Phi) is 6.06. The Morgan fingerprint density at radius 2 is 2.03 bits per heavy atom. The summed E-state index contributed by atoms with van der Waals surface area (Å²) >= 11 is 5.55. The molecule has 0 bridgehead atoms. The Labute approximate surface area is 200 Å². The number of nitrogens with zero attached hydrogens (tertiary/aromatic N) is 4. The van der Waals surface area contributed by atoms with Crippen molar-refractivity contribution >= 4 is 40.3 Å². The van der Waals surface area contributed by atoms with Crippen molar-refractivity contribution in [3.8, 4) is 5.75 Å². The molecule has 0 spiro atoms. The van der Waals surface area contributed by atoms with Gasteiger partial charge < -0.3 is 14.6 Å². The van der Waals surface area contributed by atoms with E-state index in [0.717, 1.165) is 10.7 Å². The zero-order chi connectivity index (χ0) is 24.6. The molecule has 0 aliphatic carbocycles. The monoisotopic (exact) mass is 481 g/mol. The van der Waals surface area contributed by atoms with Gasteiger partial charge in [-0.2, -0.15) is 0 Å². The van der Waals surface area contributed by atoms with E-state index >= 15 is 4.39 Å². The quantitative estimate of drug-likeness (QED) is 0.393. The third-order valence-corrected chi connectivity index (χ3v) is 6.06. The number of amides is 1. The van der Waals surface area contributed by atoms with Crippen LogP contribution in [-0.4, -0.2) is 33.1 Å². The third-order valence-electron chi connectivity index (χ3n) is 5.69. The number of ether oxygens (including phenoxy) is 1. The molecule has 3 aromatic rings. The minimum atomic E-state index is -1.20. The van der Waals surface area contributed by atoms with Crippen LogP contribution in [0.2, 0.25) is 0 Å². The molecule has 2 heterocycles. The molecule has 1 N–H and O–H groups in total. The summed E-state index contributed by atoms with van der Waals surface area (Å²) in [6, 6.07) is 7.10. The fraction of sp³-hybridized carbons (Fsp3) is 0.250. The highest BCUT2D eigenvalue weighted by atomic mass is 32.1. The highest BCUT2D eigenvalue weighted by Gasteiger charge is 2.51. The van der Waals surface area contributed by atoms with Crippen LogP contribution in [-0.2, 0) is 11.2 Å². The van der Waals surface area contributed by atoms with Gasteiger partial charge in [-0.25, -0.2) is 18.6 Å². The van der Waals surface area contributed by atoms with Gasteiger partial charge in [0.05, 0.1) is 18.9 Å². The number of hydrogen-bond donors (Lipinski definition) is 1. The number of nitrogens with one attached hydrogen (secondary N) is 1. The van der Waals surface area contributed by atoms with E-state index in [1.807, 2.05) is 0 Å². The molecule has 1 aliphatic heterocycles. The molecule has 1 amide bonds. The zero-order valence-corrected chi connectivity index (χ0v) is 19.5. The van der Waals surface area contributed by atoms with Gasteiger partial charge in [-0.15, -0.1) is 0 Å². The summed E-state index contributed by atoms with van der Waals surface area (Å²) in [5.74, 6) is -1.01. The Morgan fingerprint density at radius 1 is 1.26 bits per heavy atom. The first-order chi connectivity index (χ1) is 16.2. The minimum absolute atomic E-state index is 0.00903. The van der Waals surface area contributed by atoms with Crippen molar-refractivity contribution < 1.29 is 18.3 Å². The highest BCUT2D eigenvalue weighted by Crippen LogP contribution is 2.40. The maximum atomic E-state index is 15.1. The third kappa shape index (κ3) is 3.88. The molecule has 0 atom stereocenters. The molecule has 34 heavy (non-hydrogen) atoms. The van der Waals surface area contributed by atoms with Crippen LogP contribution in [0.5, 0.6) is 5.75 Å². The molecule has 0 radical (unpaired) electrons. The van der Waals surface area contributed by atoms with Crippen molar-refractivity contribution in [2.45, 2.75) is 32.7 Å². The van der Waals surface area contributed by atoms with Crippen molar-refractivity contribution in [1.29, 1.82) is 0 Å². The predicted octanol–water partition coefficient (Wildman–Crippen LogP) is 5.09. The number of rotatable bonds is 6. The Hall–Kier alpha value is -3.84. The summed E-state index contributed by atoms with van der Waals surface area (Å²) in [6.07, 6.45) is 3.81. The Bertz CT molecular complexity index is 1320. The van der Waals surface area contributed by atoms with Gasteiger partial charge in [0, 0.05) is 30.6 Å². The van der Waals surface area contributed by atoms with Crippen LogP contribution in [0.1, 0.15) is 25.2 Å². The second kappa shape index (κ2) is 8.83. The van der Waals surface area contributed by atoms with Gasteiger partial charge >= 0.3 is 0 Å². The summed E-state index contributed by atoms with van der Waals surface area (Å²) in [5, 5.41) is 0.00903. The van der Waals surface area contributed by atoms with Crippen LogP contribution < -0.4 is 14.5 Å². The van der Waals surface area contributed by atoms with E-state index in [-0.39, 0.29) is 34.4 Å². The average Bonchev–Trinajstić information content (AvgIpc) is 3.37. The van der Waals surface area contributed by atoms with E-state index in [4.69, 9.17) is 23.5 Å². The van der Waals surface area contributed by atoms with Crippen molar-refractivity contribution in [2.75, 3.05) is 16.4 Å². The molecule has 1 saturated heterocycles. The Balaban J connectivity index is 1.61. The maximum absolute atomic E-state index is 15.1. The number of carbonyl (C=O) groups is 1. The fourth-order valence-corrected chi connectivity index (χ4v) is 4.35. The second-order valence-electron chi connectivity index (χ2n) is 8.22. The summed E-state index contributed by atoms with van der Waals surface area (Å²) in [5.41, 5.74) is -0.643. The summed E-state index contributed by atoms with van der Waals surface area (Å²) < 4.78 is 35.5. The maximum Gasteiger partial charge on any atom is 0.259 e. The van der Waals surface area contributed by atoms with E-state index in [1.165, 1.54) is 36.1 Å². The number of halogens is 2. The molecule has 1 aromatic heterocycles. The number of thiocarbonyl (C=S) groups is 1. The summed E-state index contributed by atoms with van der Waals surface area (Å²) in [6.45, 7) is 12.1. The molecular formula is C24H21F2N5O2S. The van der Waals surface area contributed by atoms with Gasteiger partial charge in [0.15, 0.2) is 22.4 Å².